The lowest BCUT2D eigenvalue weighted by Gasteiger charge is -2.42. The number of hydrogen-bond acceptors (Lipinski definition) is 3. The second-order valence-corrected chi connectivity index (χ2v) is 8.08. The second-order valence-electron chi connectivity index (χ2n) is 6.89. The standard InChI is InChI=1S/C14H30NO4P/c1-10(2)12-7-6-11(3)8-13(12)14(9-15(4)5)19-20(16,17)18/h10-14H,6-9H2,1-5H3,(H2,16,17,18). The van der Waals surface area contributed by atoms with E-state index in [4.69, 9.17) is 4.52 Å². The highest BCUT2D eigenvalue weighted by atomic mass is 31.2. The highest BCUT2D eigenvalue weighted by molar-refractivity contribution is 7.46. The van der Waals surface area contributed by atoms with Crippen LogP contribution in [-0.2, 0) is 9.09 Å². The number of phosphoric acid groups is 1. The molecule has 0 radical (unpaired) electrons. The third-order valence-electron chi connectivity index (χ3n) is 4.37. The van der Waals surface area contributed by atoms with Crippen molar-refractivity contribution >= 4 is 7.82 Å². The van der Waals surface area contributed by atoms with Crippen LogP contribution in [0.1, 0.15) is 40.0 Å². The van der Waals surface area contributed by atoms with Crippen LogP contribution in [0, 0.1) is 23.7 Å². The summed E-state index contributed by atoms with van der Waals surface area (Å²) in [6, 6.07) is 0. The van der Waals surface area contributed by atoms with E-state index in [1.165, 1.54) is 6.42 Å². The summed E-state index contributed by atoms with van der Waals surface area (Å²) >= 11 is 0. The molecular formula is C14H30NO4P. The van der Waals surface area contributed by atoms with Gasteiger partial charge in [0.15, 0.2) is 0 Å². The molecule has 1 aliphatic rings. The molecule has 0 saturated heterocycles. The molecule has 0 aliphatic heterocycles. The van der Waals surface area contributed by atoms with Crippen molar-refractivity contribution in [1.82, 2.24) is 4.90 Å². The third-order valence-corrected chi connectivity index (χ3v) is 4.91. The predicted octanol–water partition coefficient (Wildman–Crippen LogP) is 2.73. The Morgan fingerprint density at radius 2 is 1.85 bits per heavy atom. The van der Waals surface area contributed by atoms with Gasteiger partial charge in [0.2, 0.25) is 0 Å². The van der Waals surface area contributed by atoms with Gasteiger partial charge in [-0.15, -0.1) is 0 Å². The zero-order chi connectivity index (χ0) is 15.5. The van der Waals surface area contributed by atoms with Crippen molar-refractivity contribution in [2.45, 2.75) is 46.1 Å². The Labute approximate surface area is 122 Å². The molecule has 6 heteroatoms. The van der Waals surface area contributed by atoms with E-state index in [0.29, 0.717) is 24.3 Å². The molecule has 4 atom stereocenters. The van der Waals surface area contributed by atoms with Gasteiger partial charge >= 0.3 is 7.82 Å². The summed E-state index contributed by atoms with van der Waals surface area (Å²) in [4.78, 5) is 20.3. The van der Waals surface area contributed by atoms with Crippen molar-refractivity contribution in [2.24, 2.45) is 23.7 Å². The van der Waals surface area contributed by atoms with E-state index in [-0.39, 0.29) is 5.92 Å². The molecule has 0 aromatic heterocycles. The molecule has 0 aromatic carbocycles. The normalized spacial score (nSPS) is 29.9. The van der Waals surface area contributed by atoms with Crippen molar-refractivity contribution in [3.05, 3.63) is 0 Å². The molecule has 1 rings (SSSR count). The molecule has 2 N–H and O–H groups in total. The Morgan fingerprint density at radius 1 is 1.25 bits per heavy atom. The van der Waals surface area contributed by atoms with Crippen molar-refractivity contribution in [1.29, 1.82) is 0 Å². The lowest BCUT2D eigenvalue weighted by molar-refractivity contribution is 0.00183. The van der Waals surface area contributed by atoms with Gasteiger partial charge in [0.25, 0.3) is 0 Å². The predicted molar refractivity (Wildman–Crippen MR) is 80.3 cm³/mol. The van der Waals surface area contributed by atoms with Gasteiger partial charge in [-0.25, -0.2) is 4.57 Å². The van der Waals surface area contributed by atoms with Crippen molar-refractivity contribution in [2.75, 3.05) is 20.6 Å². The maximum absolute atomic E-state index is 11.3. The molecule has 120 valence electrons. The summed E-state index contributed by atoms with van der Waals surface area (Å²) in [7, 11) is -0.629. The van der Waals surface area contributed by atoms with Gasteiger partial charge in [-0.1, -0.05) is 27.2 Å². The first-order valence-corrected chi connectivity index (χ1v) is 9.02. The average molecular weight is 307 g/mol. The number of rotatable bonds is 6. The van der Waals surface area contributed by atoms with E-state index >= 15 is 0 Å². The molecule has 5 nitrogen and oxygen atoms in total. The van der Waals surface area contributed by atoms with Gasteiger partial charge < -0.3 is 14.7 Å². The Hall–Kier alpha value is 0.0700. The number of phosphoric ester groups is 1. The Bertz CT molecular complexity index is 342. The largest absolute Gasteiger partial charge is 0.469 e. The fourth-order valence-electron chi connectivity index (χ4n) is 3.49. The molecule has 0 bridgehead atoms. The topological polar surface area (TPSA) is 70.0 Å². The summed E-state index contributed by atoms with van der Waals surface area (Å²) in [5.41, 5.74) is 0. The van der Waals surface area contributed by atoms with Crippen LogP contribution >= 0.6 is 7.82 Å². The summed E-state index contributed by atoms with van der Waals surface area (Å²) in [5, 5.41) is 0. The summed E-state index contributed by atoms with van der Waals surface area (Å²) in [6.07, 6.45) is 2.91. The van der Waals surface area contributed by atoms with Gasteiger partial charge in [0.1, 0.15) is 0 Å². The van der Waals surface area contributed by atoms with E-state index in [9.17, 15) is 14.4 Å². The van der Waals surface area contributed by atoms with Gasteiger partial charge in [-0.3, -0.25) is 4.52 Å². The SMILES string of the molecule is CC1CCC(C(C)C)C(C(CN(C)C)OP(=O)(O)O)C1. The van der Waals surface area contributed by atoms with Gasteiger partial charge in [0, 0.05) is 6.54 Å². The van der Waals surface area contributed by atoms with E-state index in [2.05, 4.69) is 20.8 Å². The highest BCUT2D eigenvalue weighted by Gasteiger charge is 2.39. The van der Waals surface area contributed by atoms with Crippen LogP contribution in [-0.4, -0.2) is 41.4 Å². The van der Waals surface area contributed by atoms with E-state index in [1.807, 2.05) is 19.0 Å². The van der Waals surface area contributed by atoms with Gasteiger partial charge in [-0.2, -0.15) is 0 Å². The van der Waals surface area contributed by atoms with Crippen molar-refractivity contribution in [3.8, 4) is 0 Å². The van der Waals surface area contributed by atoms with Crippen LogP contribution in [0.3, 0.4) is 0 Å². The zero-order valence-electron chi connectivity index (χ0n) is 13.3. The molecule has 1 aliphatic carbocycles. The van der Waals surface area contributed by atoms with Crippen molar-refractivity contribution < 1.29 is 18.9 Å². The molecule has 0 spiro atoms. The van der Waals surface area contributed by atoms with Crippen LogP contribution in [0.15, 0.2) is 0 Å². The Kier molecular flexibility index (Phi) is 6.68. The maximum atomic E-state index is 11.3. The van der Waals surface area contributed by atoms with Crippen LogP contribution in [0.5, 0.6) is 0 Å². The van der Waals surface area contributed by atoms with Crippen LogP contribution in [0.2, 0.25) is 0 Å². The zero-order valence-corrected chi connectivity index (χ0v) is 14.2. The maximum Gasteiger partial charge on any atom is 0.469 e. The minimum absolute atomic E-state index is 0.216. The fraction of sp³-hybridized carbons (Fsp3) is 1.00. The minimum Gasteiger partial charge on any atom is -0.307 e. The van der Waals surface area contributed by atoms with Crippen LogP contribution in [0.4, 0.5) is 0 Å². The first kappa shape index (κ1) is 18.1. The molecule has 0 amide bonds. The molecule has 1 fully saturated rings. The smallest absolute Gasteiger partial charge is 0.307 e. The Morgan fingerprint density at radius 3 is 2.30 bits per heavy atom. The average Bonchev–Trinajstić information content (AvgIpc) is 2.24. The molecular weight excluding hydrogens is 277 g/mol. The van der Waals surface area contributed by atoms with E-state index in [0.717, 1.165) is 12.8 Å². The number of nitrogens with zero attached hydrogens (tertiary/aromatic N) is 1. The van der Waals surface area contributed by atoms with Gasteiger partial charge in [0.05, 0.1) is 6.10 Å². The van der Waals surface area contributed by atoms with Crippen molar-refractivity contribution in [3.63, 3.8) is 0 Å². The molecule has 20 heavy (non-hydrogen) atoms. The van der Waals surface area contributed by atoms with Crippen LogP contribution < -0.4 is 0 Å². The number of likely N-dealkylation sites (N-methyl/N-ethyl adjacent to an activating group) is 1. The number of hydrogen-bond donors (Lipinski definition) is 2. The molecule has 4 unspecified atom stereocenters. The minimum atomic E-state index is -4.45. The molecule has 0 aromatic rings. The first-order valence-electron chi connectivity index (χ1n) is 7.48. The third kappa shape index (κ3) is 5.82. The fourth-order valence-corrected chi connectivity index (χ4v) is 4.06. The Balaban J connectivity index is 2.91. The lowest BCUT2D eigenvalue weighted by atomic mass is 9.68. The second kappa shape index (κ2) is 7.37. The van der Waals surface area contributed by atoms with E-state index < -0.39 is 13.9 Å². The van der Waals surface area contributed by atoms with E-state index in [1.54, 1.807) is 0 Å². The first-order chi connectivity index (χ1) is 9.10. The van der Waals surface area contributed by atoms with Crippen LogP contribution in [0.25, 0.3) is 0 Å². The van der Waals surface area contributed by atoms with Gasteiger partial charge in [-0.05, 0) is 50.6 Å². The quantitative estimate of drug-likeness (QED) is 0.738. The highest BCUT2D eigenvalue weighted by Crippen LogP contribution is 2.46. The summed E-state index contributed by atoms with van der Waals surface area (Å²) < 4.78 is 16.4. The molecule has 0 heterocycles. The molecule has 1 saturated carbocycles. The summed E-state index contributed by atoms with van der Waals surface area (Å²) in [6.45, 7) is 7.15. The lowest BCUT2D eigenvalue weighted by Crippen LogP contribution is -2.42. The summed E-state index contributed by atoms with van der Waals surface area (Å²) in [5.74, 6) is 1.80. The monoisotopic (exact) mass is 307 g/mol.